The Balaban J connectivity index is 2.21. The second-order valence-electron chi connectivity index (χ2n) is 3.74. The van der Waals surface area contributed by atoms with Gasteiger partial charge in [0, 0.05) is 25.7 Å². The molecule has 12 heavy (non-hydrogen) atoms. The monoisotopic (exact) mass is 168 g/mol. The summed E-state index contributed by atoms with van der Waals surface area (Å²) < 4.78 is 0. The largest absolute Gasteiger partial charge is 0.313 e. The van der Waals surface area contributed by atoms with Crippen molar-refractivity contribution in [2.75, 3.05) is 26.2 Å². The van der Waals surface area contributed by atoms with Crippen LogP contribution in [0.25, 0.3) is 0 Å². The molecule has 0 amide bonds. The molecule has 70 valence electrons. The van der Waals surface area contributed by atoms with Gasteiger partial charge in [-0.15, -0.1) is 0 Å². The molecule has 1 fully saturated rings. The van der Waals surface area contributed by atoms with Gasteiger partial charge in [-0.1, -0.05) is 19.1 Å². The lowest BCUT2D eigenvalue weighted by molar-refractivity contribution is 0.356. The fourth-order valence-corrected chi connectivity index (χ4v) is 1.81. The van der Waals surface area contributed by atoms with E-state index in [1.165, 1.54) is 25.1 Å². The van der Waals surface area contributed by atoms with Gasteiger partial charge in [-0.25, -0.2) is 0 Å². The van der Waals surface area contributed by atoms with Crippen LogP contribution in [0.1, 0.15) is 20.3 Å². The minimum atomic E-state index is 0.717. The molecule has 1 rings (SSSR count). The Hall–Kier alpha value is -0.340. The zero-order valence-corrected chi connectivity index (χ0v) is 8.27. The van der Waals surface area contributed by atoms with Gasteiger partial charge in [-0.05, 0) is 19.9 Å². The van der Waals surface area contributed by atoms with Crippen molar-refractivity contribution in [1.29, 1.82) is 0 Å². The van der Waals surface area contributed by atoms with E-state index in [1.54, 1.807) is 0 Å². The molecule has 0 aromatic carbocycles. The average molecular weight is 168 g/mol. The SMILES string of the molecule is C=C(C)CN1CCC(NCC)C1. The van der Waals surface area contributed by atoms with Crippen LogP contribution in [0, 0.1) is 0 Å². The first-order chi connectivity index (χ1) is 5.72. The molecular formula is C10H20N2. The summed E-state index contributed by atoms with van der Waals surface area (Å²) in [5.41, 5.74) is 1.27. The highest BCUT2D eigenvalue weighted by Gasteiger charge is 2.20. The highest BCUT2D eigenvalue weighted by molar-refractivity contribution is 4.94. The van der Waals surface area contributed by atoms with Crippen molar-refractivity contribution in [2.24, 2.45) is 0 Å². The second kappa shape index (κ2) is 4.63. The zero-order valence-electron chi connectivity index (χ0n) is 8.27. The molecule has 1 aliphatic heterocycles. The molecule has 2 heteroatoms. The molecule has 0 saturated carbocycles. The number of likely N-dealkylation sites (N-methyl/N-ethyl adjacent to an activating group) is 1. The Kier molecular flexibility index (Phi) is 3.76. The van der Waals surface area contributed by atoms with E-state index in [-0.39, 0.29) is 0 Å². The maximum Gasteiger partial charge on any atom is 0.0207 e. The Morgan fingerprint density at radius 2 is 2.42 bits per heavy atom. The van der Waals surface area contributed by atoms with Gasteiger partial charge in [0.25, 0.3) is 0 Å². The van der Waals surface area contributed by atoms with Crippen molar-refractivity contribution in [1.82, 2.24) is 10.2 Å². The summed E-state index contributed by atoms with van der Waals surface area (Å²) in [6, 6.07) is 0.717. The molecule has 1 atom stereocenters. The maximum absolute atomic E-state index is 3.93. The normalized spacial score (nSPS) is 24.7. The molecule has 1 heterocycles. The van der Waals surface area contributed by atoms with Crippen LogP contribution in [0.15, 0.2) is 12.2 Å². The van der Waals surface area contributed by atoms with Gasteiger partial charge in [0.1, 0.15) is 0 Å². The number of hydrogen-bond donors (Lipinski definition) is 1. The minimum Gasteiger partial charge on any atom is -0.313 e. The topological polar surface area (TPSA) is 15.3 Å². The van der Waals surface area contributed by atoms with E-state index >= 15 is 0 Å². The summed E-state index contributed by atoms with van der Waals surface area (Å²) in [4.78, 5) is 2.47. The molecule has 2 nitrogen and oxygen atoms in total. The molecule has 0 spiro atoms. The van der Waals surface area contributed by atoms with E-state index in [4.69, 9.17) is 0 Å². The summed E-state index contributed by atoms with van der Waals surface area (Å²) in [6.07, 6.45) is 1.29. The number of hydrogen-bond acceptors (Lipinski definition) is 2. The Morgan fingerprint density at radius 3 is 3.00 bits per heavy atom. The van der Waals surface area contributed by atoms with Gasteiger partial charge in [0.2, 0.25) is 0 Å². The fourth-order valence-electron chi connectivity index (χ4n) is 1.81. The lowest BCUT2D eigenvalue weighted by Gasteiger charge is -2.15. The first-order valence-electron chi connectivity index (χ1n) is 4.82. The predicted molar refractivity (Wildman–Crippen MR) is 53.3 cm³/mol. The zero-order chi connectivity index (χ0) is 8.97. The number of nitrogens with zero attached hydrogens (tertiary/aromatic N) is 1. The van der Waals surface area contributed by atoms with Crippen molar-refractivity contribution in [2.45, 2.75) is 26.3 Å². The number of nitrogens with one attached hydrogen (secondary N) is 1. The third-order valence-electron chi connectivity index (χ3n) is 2.26. The average Bonchev–Trinajstić information content (AvgIpc) is 2.36. The fraction of sp³-hybridized carbons (Fsp3) is 0.800. The molecule has 0 aliphatic carbocycles. The lowest BCUT2D eigenvalue weighted by atomic mass is 10.3. The van der Waals surface area contributed by atoms with Crippen molar-refractivity contribution >= 4 is 0 Å². The van der Waals surface area contributed by atoms with E-state index < -0.39 is 0 Å². The third-order valence-corrected chi connectivity index (χ3v) is 2.26. The Bertz CT molecular complexity index is 154. The molecule has 0 aromatic rings. The first kappa shape index (κ1) is 9.75. The van der Waals surface area contributed by atoms with E-state index in [2.05, 4.69) is 30.6 Å². The van der Waals surface area contributed by atoms with Crippen LogP contribution >= 0.6 is 0 Å². The Morgan fingerprint density at radius 1 is 1.67 bits per heavy atom. The van der Waals surface area contributed by atoms with Crippen molar-refractivity contribution < 1.29 is 0 Å². The van der Waals surface area contributed by atoms with E-state index in [1.807, 2.05) is 0 Å². The summed E-state index contributed by atoms with van der Waals surface area (Å²) in [6.45, 7) is 12.8. The van der Waals surface area contributed by atoms with Crippen LogP contribution in [-0.2, 0) is 0 Å². The van der Waals surface area contributed by atoms with Gasteiger partial charge >= 0.3 is 0 Å². The van der Waals surface area contributed by atoms with Crippen LogP contribution in [0.5, 0.6) is 0 Å². The summed E-state index contributed by atoms with van der Waals surface area (Å²) in [5.74, 6) is 0. The molecule has 1 aliphatic rings. The van der Waals surface area contributed by atoms with Crippen LogP contribution in [0.2, 0.25) is 0 Å². The van der Waals surface area contributed by atoms with Gasteiger partial charge in [-0.3, -0.25) is 4.90 Å². The molecule has 1 saturated heterocycles. The molecule has 1 unspecified atom stereocenters. The molecular weight excluding hydrogens is 148 g/mol. The van der Waals surface area contributed by atoms with E-state index in [0.29, 0.717) is 6.04 Å². The van der Waals surface area contributed by atoms with Gasteiger partial charge in [0.05, 0.1) is 0 Å². The van der Waals surface area contributed by atoms with Crippen LogP contribution < -0.4 is 5.32 Å². The predicted octanol–water partition coefficient (Wildman–Crippen LogP) is 1.25. The molecule has 0 radical (unpaired) electrons. The maximum atomic E-state index is 3.93. The highest BCUT2D eigenvalue weighted by atomic mass is 15.2. The quantitative estimate of drug-likeness (QED) is 0.635. The Labute approximate surface area is 75.6 Å². The summed E-state index contributed by atoms with van der Waals surface area (Å²) in [5, 5.41) is 3.48. The lowest BCUT2D eigenvalue weighted by Crippen LogP contribution is -2.32. The minimum absolute atomic E-state index is 0.717. The highest BCUT2D eigenvalue weighted by Crippen LogP contribution is 2.09. The van der Waals surface area contributed by atoms with Crippen molar-refractivity contribution in [3.8, 4) is 0 Å². The standard InChI is InChI=1S/C10H20N2/c1-4-11-10-5-6-12(8-10)7-9(2)3/h10-11H,2,4-8H2,1,3H3. The van der Waals surface area contributed by atoms with Crippen LogP contribution in [0.3, 0.4) is 0 Å². The number of rotatable bonds is 4. The van der Waals surface area contributed by atoms with Crippen LogP contribution in [0.4, 0.5) is 0 Å². The second-order valence-corrected chi connectivity index (χ2v) is 3.74. The van der Waals surface area contributed by atoms with Gasteiger partial charge in [-0.2, -0.15) is 0 Å². The van der Waals surface area contributed by atoms with Crippen molar-refractivity contribution in [3.63, 3.8) is 0 Å². The molecule has 0 aromatic heterocycles. The smallest absolute Gasteiger partial charge is 0.0207 e. The third kappa shape index (κ3) is 2.95. The first-order valence-corrected chi connectivity index (χ1v) is 4.82. The van der Waals surface area contributed by atoms with Gasteiger partial charge in [0.15, 0.2) is 0 Å². The summed E-state index contributed by atoms with van der Waals surface area (Å²) in [7, 11) is 0. The van der Waals surface area contributed by atoms with E-state index in [0.717, 1.165) is 13.1 Å². The number of likely N-dealkylation sites (tertiary alicyclic amines) is 1. The molecule has 0 bridgehead atoms. The molecule has 1 N–H and O–H groups in total. The van der Waals surface area contributed by atoms with E-state index in [9.17, 15) is 0 Å². The van der Waals surface area contributed by atoms with Crippen LogP contribution in [-0.4, -0.2) is 37.1 Å². The summed E-state index contributed by atoms with van der Waals surface area (Å²) >= 11 is 0. The van der Waals surface area contributed by atoms with Crippen molar-refractivity contribution in [3.05, 3.63) is 12.2 Å². The van der Waals surface area contributed by atoms with Gasteiger partial charge < -0.3 is 5.32 Å².